The van der Waals surface area contributed by atoms with Crippen molar-refractivity contribution in [3.63, 3.8) is 0 Å². The molecule has 0 unspecified atom stereocenters. The highest BCUT2D eigenvalue weighted by molar-refractivity contribution is 5.79. The number of nitrogens with zero attached hydrogens (tertiary/aromatic N) is 2. The van der Waals surface area contributed by atoms with Gasteiger partial charge in [0.05, 0.1) is 5.56 Å². The maximum Gasteiger partial charge on any atom is 0.101 e. The summed E-state index contributed by atoms with van der Waals surface area (Å²) in [5.74, 6) is 0. The van der Waals surface area contributed by atoms with Crippen molar-refractivity contribution in [1.82, 2.24) is 9.97 Å². The molecular formula is C24H21N3. The molecule has 27 heavy (non-hydrogen) atoms. The summed E-state index contributed by atoms with van der Waals surface area (Å²) in [6, 6.07) is 20.7. The quantitative estimate of drug-likeness (QED) is 0.488. The topological polar surface area (TPSA) is 52.5 Å². The van der Waals surface area contributed by atoms with E-state index in [0.29, 0.717) is 5.56 Å². The molecule has 2 heterocycles. The minimum atomic E-state index is 0.625. The molecule has 2 aromatic heterocycles. The van der Waals surface area contributed by atoms with Crippen LogP contribution >= 0.6 is 0 Å². The van der Waals surface area contributed by atoms with Gasteiger partial charge in [-0.05, 0) is 54.1 Å². The Balaban J connectivity index is 0.000000177. The first kappa shape index (κ1) is 18.2. The number of aromatic nitrogens is 2. The third-order valence-electron chi connectivity index (χ3n) is 4.34. The number of H-pyrrole nitrogens is 1. The molecular weight excluding hydrogens is 330 g/mol. The van der Waals surface area contributed by atoms with E-state index in [1.807, 2.05) is 55.6 Å². The number of rotatable bonds is 2. The van der Waals surface area contributed by atoms with Crippen molar-refractivity contribution in [2.45, 2.75) is 13.8 Å². The zero-order chi connectivity index (χ0) is 19.1. The maximum atomic E-state index is 8.91. The summed E-state index contributed by atoms with van der Waals surface area (Å²) in [6.45, 7) is 4.04. The van der Waals surface area contributed by atoms with Crippen molar-refractivity contribution in [3.8, 4) is 6.07 Å². The van der Waals surface area contributed by atoms with Crippen LogP contribution in [-0.4, -0.2) is 9.97 Å². The van der Waals surface area contributed by atoms with Crippen LogP contribution in [-0.2, 0) is 0 Å². The van der Waals surface area contributed by atoms with Crippen LogP contribution in [0.5, 0.6) is 0 Å². The predicted molar refractivity (Wildman–Crippen MR) is 112 cm³/mol. The van der Waals surface area contributed by atoms with Crippen LogP contribution in [0.2, 0.25) is 0 Å². The molecule has 0 fully saturated rings. The molecule has 3 heteroatoms. The van der Waals surface area contributed by atoms with E-state index in [0.717, 1.165) is 16.7 Å². The highest BCUT2D eigenvalue weighted by Crippen LogP contribution is 2.15. The number of hydrogen-bond acceptors (Lipinski definition) is 2. The van der Waals surface area contributed by atoms with E-state index in [1.54, 1.807) is 12.4 Å². The molecule has 3 nitrogen and oxygen atoms in total. The van der Waals surface area contributed by atoms with Gasteiger partial charge in [0.2, 0.25) is 0 Å². The lowest BCUT2D eigenvalue weighted by Gasteiger charge is -2.01. The highest BCUT2D eigenvalue weighted by Gasteiger charge is 2.00. The van der Waals surface area contributed by atoms with Crippen LogP contribution in [0.25, 0.3) is 23.1 Å². The minimum Gasteiger partial charge on any atom is -0.361 e. The lowest BCUT2D eigenvalue weighted by molar-refractivity contribution is 1.24. The van der Waals surface area contributed by atoms with Crippen molar-refractivity contribution >= 4 is 23.1 Å². The monoisotopic (exact) mass is 351 g/mol. The number of benzene rings is 2. The third kappa shape index (κ3) is 4.71. The number of fused-ring (bicyclic) bond motifs is 1. The maximum absolute atomic E-state index is 8.91. The Morgan fingerprint density at radius 1 is 0.963 bits per heavy atom. The average Bonchev–Trinajstić information content (AvgIpc) is 3.16. The van der Waals surface area contributed by atoms with E-state index in [1.165, 1.54) is 16.5 Å². The first-order chi connectivity index (χ1) is 13.2. The summed E-state index contributed by atoms with van der Waals surface area (Å²) in [5, 5.41) is 10.2. The molecule has 4 aromatic rings. The second-order valence-corrected chi connectivity index (χ2v) is 6.33. The zero-order valence-corrected chi connectivity index (χ0v) is 15.5. The Bertz CT molecular complexity index is 1100. The van der Waals surface area contributed by atoms with Crippen LogP contribution in [0.1, 0.15) is 27.8 Å². The molecule has 0 amide bonds. The summed E-state index contributed by atoms with van der Waals surface area (Å²) < 4.78 is 0. The molecule has 0 radical (unpaired) electrons. The number of hydrogen-bond donors (Lipinski definition) is 1. The first-order valence-electron chi connectivity index (χ1n) is 8.79. The molecule has 0 atom stereocenters. The SMILES string of the molecule is Cc1c(C#N)cncc1/C=C/c1ccccc1.Cc1ccc2[nH]ccc2c1. The first-order valence-corrected chi connectivity index (χ1v) is 8.79. The van der Waals surface area contributed by atoms with Crippen molar-refractivity contribution in [3.05, 3.63) is 101 Å². The van der Waals surface area contributed by atoms with Crippen LogP contribution in [0, 0.1) is 25.2 Å². The van der Waals surface area contributed by atoms with Crippen LogP contribution in [0.4, 0.5) is 0 Å². The molecule has 0 aliphatic heterocycles. The zero-order valence-electron chi connectivity index (χ0n) is 15.5. The van der Waals surface area contributed by atoms with Gasteiger partial charge >= 0.3 is 0 Å². The van der Waals surface area contributed by atoms with E-state index >= 15 is 0 Å². The molecule has 0 saturated carbocycles. The molecule has 2 aromatic carbocycles. The Hall–Kier alpha value is -3.64. The van der Waals surface area contributed by atoms with Gasteiger partial charge in [-0.2, -0.15) is 5.26 Å². The third-order valence-corrected chi connectivity index (χ3v) is 4.34. The Labute approximate surface area is 159 Å². The summed E-state index contributed by atoms with van der Waals surface area (Å²) >= 11 is 0. The van der Waals surface area contributed by atoms with Gasteiger partial charge in [0.25, 0.3) is 0 Å². The molecule has 0 aliphatic rings. The number of pyridine rings is 1. The van der Waals surface area contributed by atoms with E-state index in [-0.39, 0.29) is 0 Å². The second kappa shape index (κ2) is 8.64. The molecule has 0 saturated heterocycles. The second-order valence-electron chi connectivity index (χ2n) is 6.33. The van der Waals surface area contributed by atoms with E-state index in [9.17, 15) is 0 Å². The molecule has 0 aliphatic carbocycles. The normalized spacial score (nSPS) is 10.4. The number of aromatic amines is 1. The average molecular weight is 351 g/mol. The number of nitrogens with one attached hydrogen (secondary N) is 1. The number of nitriles is 1. The predicted octanol–water partition coefficient (Wildman–Crippen LogP) is 5.91. The van der Waals surface area contributed by atoms with Crippen LogP contribution < -0.4 is 0 Å². The van der Waals surface area contributed by atoms with Crippen molar-refractivity contribution in [2.24, 2.45) is 0 Å². The van der Waals surface area contributed by atoms with Crippen molar-refractivity contribution in [1.29, 1.82) is 5.26 Å². The van der Waals surface area contributed by atoms with Gasteiger partial charge < -0.3 is 4.98 Å². The lowest BCUT2D eigenvalue weighted by atomic mass is 10.1. The van der Waals surface area contributed by atoms with E-state index < -0.39 is 0 Å². The van der Waals surface area contributed by atoms with Crippen LogP contribution in [0.15, 0.2) is 73.2 Å². The number of aryl methyl sites for hydroxylation is 1. The van der Waals surface area contributed by atoms with Crippen molar-refractivity contribution in [2.75, 3.05) is 0 Å². The highest BCUT2D eigenvalue weighted by atomic mass is 14.7. The van der Waals surface area contributed by atoms with E-state index in [2.05, 4.69) is 47.2 Å². The van der Waals surface area contributed by atoms with Gasteiger partial charge in [0.1, 0.15) is 6.07 Å². The molecule has 1 N–H and O–H groups in total. The fraction of sp³-hybridized carbons (Fsp3) is 0.0833. The van der Waals surface area contributed by atoms with Crippen LogP contribution in [0.3, 0.4) is 0 Å². The minimum absolute atomic E-state index is 0.625. The van der Waals surface area contributed by atoms with Crippen molar-refractivity contribution < 1.29 is 0 Å². The molecule has 0 bridgehead atoms. The Kier molecular flexibility index (Phi) is 5.81. The van der Waals surface area contributed by atoms with E-state index in [4.69, 9.17) is 5.26 Å². The van der Waals surface area contributed by atoms with Gasteiger partial charge in [0, 0.05) is 24.1 Å². The van der Waals surface area contributed by atoms with Gasteiger partial charge in [0.15, 0.2) is 0 Å². The van der Waals surface area contributed by atoms with Gasteiger partial charge in [-0.3, -0.25) is 4.98 Å². The molecule has 4 rings (SSSR count). The largest absolute Gasteiger partial charge is 0.361 e. The summed E-state index contributed by atoms with van der Waals surface area (Å²) in [7, 11) is 0. The lowest BCUT2D eigenvalue weighted by Crippen LogP contribution is -1.88. The smallest absolute Gasteiger partial charge is 0.101 e. The summed E-state index contributed by atoms with van der Waals surface area (Å²) in [6.07, 6.45) is 9.33. The summed E-state index contributed by atoms with van der Waals surface area (Å²) in [4.78, 5) is 7.20. The standard InChI is InChI=1S/C15H12N2.C9H9N/c1-12-14(10-17-11-15(12)9-16)8-7-13-5-3-2-4-6-13;1-7-2-3-9-8(6-7)4-5-10-9/h2-8,10-11H,1H3;2-6,10H,1H3/b8-7+;. The van der Waals surface area contributed by atoms with Gasteiger partial charge in [-0.25, -0.2) is 0 Å². The molecule has 0 spiro atoms. The fourth-order valence-corrected chi connectivity index (χ4v) is 2.74. The molecule has 132 valence electrons. The Morgan fingerprint density at radius 3 is 2.56 bits per heavy atom. The Morgan fingerprint density at radius 2 is 1.78 bits per heavy atom. The van der Waals surface area contributed by atoms with Gasteiger partial charge in [-0.1, -0.05) is 54.1 Å². The fourth-order valence-electron chi connectivity index (χ4n) is 2.74. The summed E-state index contributed by atoms with van der Waals surface area (Å²) in [5.41, 5.74) is 6.23. The van der Waals surface area contributed by atoms with Gasteiger partial charge in [-0.15, -0.1) is 0 Å².